The topological polar surface area (TPSA) is 34.9 Å². The predicted octanol–water partition coefficient (Wildman–Crippen LogP) is 1.79. The van der Waals surface area contributed by atoms with E-state index in [1.54, 1.807) is 31.4 Å². The van der Waals surface area contributed by atoms with Gasteiger partial charge in [-0.1, -0.05) is 12.1 Å². The van der Waals surface area contributed by atoms with Crippen LogP contribution in [0.15, 0.2) is 36.5 Å². The van der Waals surface area contributed by atoms with Gasteiger partial charge in [-0.15, -0.1) is 0 Å². The summed E-state index contributed by atoms with van der Waals surface area (Å²) in [7, 11) is 1.71. The van der Waals surface area contributed by atoms with E-state index in [0.29, 0.717) is 0 Å². The molecule has 76 valence electrons. The van der Waals surface area contributed by atoms with E-state index in [1.807, 2.05) is 0 Å². The molecule has 1 aromatic carbocycles. The second-order valence-corrected chi connectivity index (χ2v) is 3.18. The molecule has 0 spiro atoms. The molecule has 0 aliphatic carbocycles. The van der Waals surface area contributed by atoms with Gasteiger partial charge in [0.2, 0.25) is 5.78 Å². The first-order chi connectivity index (χ1) is 7.18. The standard InChI is InChI=1S/C11H9FN2O/c1-14-7-6-10(13-14)11(15)8-4-2-3-5-9(8)12/h2-7H,1H3. The molecule has 0 saturated heterocycles. The van der Waals surface area contributed by atoms with Crippen molar-refractivity contribution in [2.45, 2.75) is 0 Å². The summed E-state index contributed by atoms with van der Waals surface area (Å²) in [4.78, 5) is 11.8. The summed E-state index contributed by atoms with van der Waals surface area (Å²) < 4.78 is 14.8. The van der Waals surface area contributed by atoms with Crippen LogP contribution in [0.1, 0.15) is 16.1 Å². The van der Waals surface area contributed by atoms with Crippen LogP contribution in [0.25, 0.3) is 0 Å². The number of aromatic nitrogens is 2. The Bertz CT molecular complexity index is 505. The molecule has 0 bridgehead atoms. The van der Waals surface area contributed by atoms with Crippen LogP contribution >= 0.6 is 0 Å². The maximum Gasteiger partial charge on any atom is 0.216 e. The molecule has 4 heteroatoms. The lowest BCUT2D eigenvalue weighted by Crippen LogP contribution is -2.05. The maximum absolute atomic E-state index is 13.3. The molecule has 0 atom stereocenters. The summed E-state index contributed by atoms with van der Waals surface area (Å²) in [6.45, 7) is 0. The summed E-state index contributed by atoms with van der Waals surface area (Å²) in [6, 6.07) is 7.45. The fraction of sp³-hybridized carbons (Fsp3) is 0.0909. The lowest BCUT2D eigenvalue weighted by atomic mass is 10.1. The Kier molecular flexibility index (Phi) is 2.33. The smallest absolute Gasteiger partial charge is 0.216 e. The van der Waals surface area contributed by atoms with Crippen molar-refractivity contribution in [3.63, 3.8) is 0 Å². The Hall–Kier alpha value is -1.97. The lowest BCUT2D eigenvalue weighted by molar-refractivity contribution is 0.103. The van der Waals surface area contributed by atoms with Gasteiger partial charge in [-0.25, -0.2) is 4.39 Å². The largest absolute Gasteiger partial charge is 0.287 e. The van der Waals surface area contributed by atoms with Gasteiger partial charge in [0, 0.05) is 13.2 Å². The van der Waals surface area contributed by atoms with Gasteiger partial charge < -0.3 is 0 Å². The Morgan fingerprint density at radius 2 is 2.07 bits per heavy atom. The van der Waals surface area contributed by atoms with Crippen LogP contribution in [0, 0.1) is 5.82 Å². The van der Waals surface area contributed by atoms with Crippen LogP contribution < -0.4 is 0 Å². The average Bonchev–Trinajstić information content (AvgIpc) is 2.65. The molecule has 15 heavy (non-hydrogen) atoms. The average molecular weight is 204 g/mol. The number of hydrogen-bond acceptors (Lipinski definition) is 2. The maximum atomic E-state index is 13.3. The van der Waals surface area contributed by atoms with Gasteiger partial charge >= 0.3 is 0 Å². The molecule has 1 heterocycles. The SMILES string of the molecule is Cn1ccc(C(=O)c2ccccc2F)n1. The number of carbonyl (C=O) groups excluding carboxylic acids is 1. The molecule has 0 fully saturated rings. The molecule has 1 aromatic heterocycles. The zero-order chi connectivity index (χ0) is 10.8. The van der Waals surface area contributed by atoms with Crippen LogP contribution in [0.3, 0.4) is 0 Å². The summed E-state index contributed by atoms with van der Waals surface area (Å²) in [5.74, 6) is -0.915. The van der Waals surface area contributed by atoms with E-state index in [1.165, 1.54) is 16.8 Å². The molecule has 0 amide bonds. The van der Waals surface area contributed by atoms with E-state index < -0.39 is 11.6 Å². The van der Waals surface area contributed by atoms with Crippen molar-refractivity contribution >= 4 is 5.78 Å². The first-order valence-electron chi connectivity index (χ1n) is 4.47. The molecule has 3 nitrogen and oxygen atoms in total. The molecular weight excluding hydrogens is 195 g/mol. The highest BCUT2D eigenvalue weighted by Crippen LogP contribution is 2.11. The van der Waals surface area contributed by atoms with Crippen molar-refractivity contribution in [3.05, 3.63) is 53.6 Å². The number of ketones is 1. The Labute approximate surface area is 86.2 Å². The summed E-state index contributed by atoms with van der Waals surface area (Å²) in [6.07, 6.45) is 1.65. The predicted molar refractivity (Wildman–Crippen MR) is 53.0 cm³/mol. The zero-order valence-corrected chi connectivity index (χ0v) is 8.14. The number of hydrogen-bond donors (Lipinski definition) is 0. The van der Waals surface area contributed by atoms with Crippen molar-refractivity contribution in [3.8, 4) is 0 Å². The van der Waals surface area contributed by atoms with Gasteiger partial charge in [0.25, 0.3) is 0 Å². The van der Waals surface area contributed by atoms with E-state index in [-0.39, 0.29) is 11.3 Å². The number of benzene rings is 1. The van der Waals surface area contributed by atoms with Crippen LogP contribution in [0.4, 0.5) is 4.39 Å². The van der Waals surface area contributed by atoms with Gasteiger partial charge in [0.1, 0.15) is 11.5 Å². The minimum absolute atomic E-state index is 0.0520. The number of nitrogens with zero attached hydrogens (tertiary/aromatic N) is 2. The third-order valence-corrected chi connectivity index (χ3v) is 2.06. The number of halogens is 1. The molecule has 0 aliphatic rings. The van der Waals surface area contributed by atoms with E-state index in [0.717, 1.165) is 0 Å². The van der Waals surface area contributed by atoms with E-state index in [2.05, 4.69) is 5.10 Å². The Balaban J connectivity index is 2.41. The van der Waals surface area contributed by atoms with E-state index >= 15 is 0 Å². The molecule has 0 saturated carbocycles. The number of aryl methyl sites for hydroxylation is 1. The number of rotatable bonds is 2. The highest BCUT2D eigenvalue weighted by Gasteiger charge is 2.15. The van der Waals surface area contributed by atoms with Crippen LogP contribution in [-0.2, 0) is 7.05 Å². The fourth-order valence-corrected chi connectivity index (χ4v) is 1.32. The van der Waals surface area contributed by atoms with Crippen molar-refractivity contribution < 1.29 is 9.18 Å². The highest BCUT2D eigenvalue weighted by atomic mass is 19.1. The normalized spacial score (nSPS) is 10.3. The molecule has 2 rings (SSSR count). The first-order valence-corrected chi connectivity index (χ1v) is 4.47. The van der Waals surface area contributed by atoms with Gasteiger partial charge in [-0.3, -0.25) is 9.48 Å². The number of carbonyl (C=O) groups is 1. The minimum Gasteiger partial charge on any atom is -0.287 e. The molecule has 2 aromatic rings. The Morgan fingerprint density at radius 3 is 2.67 bits per heavy atom. The third kappa shape index (κ3) is 1.79. The van der Waals surface area contributed by atoms with Gasteiger partial charge in [0.15, 0.2) is 0 Å². The molecule has 0 aliphatic heterocycles. The van der Waals surface area contributed by atoms with Crippen LogP contribution in [-0.4, -0.2) is 15.6 Å². The minimum atomic E-state index is -0.520. The van der Waals surface area contributed by atoms with Crippen molar-refractivity contribution in [2.75, 3.05) is 0 Å². The first kappa shape index (κ1) is 9.58. The van der Waals surface area contributed by atoms with Gasteiger partial charge in [-0.05, 0) is 18.2 Å². The van der Waals surface area contributed by atoms with Gasteiger partial charge in [-0.2, -0.15) is 5.10 Å². The molecular formula is C11H9FN2O. The zero-order valence-electron chi connectivity index (χ0n) is 8.14. The molecule has 0 unspecified atom stereocenters. The fourth-order valence-electron chi connectivity index (χ4n) is 1.32. The van der Waals surface area contributed by atoms with Crippen LogP contribution in [0.2, 0.25) is 0 Å². The second kappa shape index (κ2) is 3.65. The van der Waals surface area contributed by atoms with Crippen molar-refractivity contribution in [2.24, 2.45) is 7.05 Å². The van der Waals surface area contributed by atoms with E-state index in [9.17, 15) is 9.18 Å². The summed E-state index contributed by atoms with van der Waals surface area (Å²) >= 11 is 0. The Morgan fingerprint density at radius 1 is 1.33 bits per heavy atom. The molecule has 0 radical (unpaired) electrons. The van der Waals surface area contributed by atoms with E-state index in [4.69, 9.17) is 0 Å². The van der Waals surface area contributed by atoms with Gasteiger partial charge in [0.05, 0.1) is 5.56 Å². The van der Waals surface area contributed by atoms with Crippen LogP contribution in [0.5, 0.6) is 0 Å². The third-order valence-electron chi connectivity index (χ3n) is 2.06. The molecule has 0 N–H and O–H groups in total. The monoisotopic (exact) mass is 204 g/mol. The highest BCUT2D eigenvalue weighted by molar-refractivity contribution is 6.07. The quantitative estimate of drug-likeness (QED) is 0.699. The summed E-state index contributed by atoms with van der Waals surface area (Å²) in [5.41, 5.74) is 0.304. The second-order valence-electron chi connectivity index (χ2n) is 3.18. The summed E-state index contributed by atoms with van der Waals surface area (Å²) in [5, 5.41) is 3.93. The van der Waals surface area contributed by atoms with Crippen molar-refractivity contribution in [1.29, 1.82) is 0 Å². The lowest BCUT2D eigenvalue weighted by Gasteiger charge is -1.98. The van der Waals surface area contributed by atoms with Crippen molar-refractivity contribution in [1.82, 2.24) is 9.78 Å².